The zero-order valence-corrected chi connectivity index (χ0v) is 9.33. The van der Waals surface area contributed by atoms with Gasteiger partial charge in [-0.05, 0) is 31.0 Å². The van der Waals surface area contributed by atoms with Crippen LogP contribution in [0.4, 0.5) is 5.95 Å². The van der Waals surface area contributed by atoms with E-state index in [9.17, 15) is 0 Å². The van der Waals surface area contributed by atoms with E-state index in [1.54, 1.807) is 6.07 Å². The molecule has 1 aromatic heterocycles. The number of benzene rings is 1. The van der Waals surface area contributed by atoms with E-state index in [4.69, 9.17) is 23.1 Å². The zero-order valence-electron chi connectivity index (χ0n) is 8.57. The molecular weight excluding hydrogens is 224 g/mol. The van der Waals surface area contributed by atoms with Gasteiger partial charge in [-0.15, -0.1) is 0 Å². The summed E-state index contributed by atoms with van der Waals surface area (Å²) in [5, 5.41) is 1.58. The van der Waals surface area contributed by atoms with E-state index in [-0.39, 0.29) is 11.5 Å². The van der Waals surface area contributed by atoms with Crippen molar-refractivity contribution < 1.29 is 0 Å². The second-order valence-electron chi connectivity index (χ2n) is 4.25. The topological polar surface area (TPSA) is 77.8 Å². The third-order valence-electron chi connectivity index (χ3n) is 2.94. The normalized spacial score (nSPS) is 17.6. The number of aromatic nitrogens is 2. The zero-order chi connectivity index (χ0) is 11.3. The molecule has 1 aliphatic carbocycles. The van der Waals surface area contributed by atoms with Crippen molar-refractivity contribution in [1.82, 2.24) is 9.97 Å². The molecule has 0 bridgehead atoms. The van der Waals surface area contributed by atoms with E-state index in [0.29, 0.717) is 5.02 Å². The van der Waals surface area contributed by atoms with Crippen molar-refractivity contribution in [2.24, 2.45) is 5.73 Å². The molecule has 4 N–H and O–H groups in total. The molecule has 82 valence electrons. The number of hydrogen-bond acceptors (Lipinski definition) is 4. The van der Waals surface area contributed by atoms with E-state index in [1.165, 1.54) is 0 Å². The van der Waals surface area contributed by atoms with Gasteiger partial charge in [-0.1, -0.05) is 11.6 Å². The monoisotopic (exact) mass is 234 g/mol. The molecular formula is C11H11ClN4. The lowest BCUT2D eigenvalue weighted by molar-refractivity contribution is 0.716. The van der Waals surface area contributed by atoms with Gasteiger partial charge in [0.15, 0.2) is 0 Å². The van der Waals surface area contributed by atoms with Gasteiger partial charge in [0.2, 0.25) is 5.95 Å². The maximum absolute atomic E-state index is 6.16. The van der Waals surface area contributed by atoms with Crippen LogP contribution in [0.5, 0.6) is 0 Å². The average molecular weight is 235 g/mol. The highest BCUT2D eigenvalue weighted by Gasteiger charge is 2.43. The molecule has 0 unspecified atom stereocenters. The highest BCUT2D eigenvalue weighted by molar-refractivity contribution is 6.31. The number of fused-ring (bicyclic) bond motifs is 1. The average Bonchev–Trinajstić information content (AvgIpc) is 2.96. The van der Waals surface area contributed by atoms with Crippen molar-refractivity contribution in [2.75, 3.05) is 5.73 Å². The summed E-state index contributed by atoms with van der Waals surface area (Å²) in [4.78, 5) is 8.43. The lowest BCUT2D eigenvalue weighted by Gasteiger charge is -2.12. The van der Waals surface area contributed by atoms with Crippen molar-refractivity contribution in [3.05, 3.63) is 28.9 Å². The summed E-state index contributed by atoms with van der Waals surface area (Å²) in [7, 11) is 0. The maximum Gasteiger partial charge on any atom is 0.220 e. The fourth-order valence-electron chi connectivity index (χ4n) is 1.87. The van der Waals surface area contributed by atoms with Gasteiger partial charge in [0.25, 0.3) is 0 Å². The summed E-state index contributed by atoms with van der Waals surface area (Å²) >= 11 is 5.92. The number of nitrogens with zero attached hydrogens (tertiary/aromatic N) is 2. The second-order valence-corrected chi connectivity index (χ2v) is 4.68. The van der Waals surface area contributed by atoms with E-state index < -0.39 is 0 Å². The first-order chi connectivity index (χ1) is 7.58. The van der Waals surface area contributed by atoms with Crippen molar-refractivity contribution in [1.29, 1.82) is 0 Å². The second kappa shape index (κ2) is 3.06. The molecule has 1 saturated carbocycles. The Morgan fingerprint density at radius 2 is 2.00 bits per heavy atom. The summed E-state index contributed by atoms with van der Waals surface area (Å²) in [6, 6.07) is 5.50. The summed E-state index contributed by atoms with van der Waals surface area (Å²) in [5.74, 6) is 0.251. The van der Waals surface area contributed by atoms with Crippen LogP contribution in [0.3, 0.4) is 0 Å². The largest absolute Gasteiger partial charge is 0.368 e. The van der Waals surface area contributed by atoms with E-state index in [1.807, 2.05) is 12.1 Å². The number of rotatable bonds is 1. The van der Waals surface area contributed by atoms with Gasteiger partial charge in [0, 0.05) is 10.4 Å². The van der Waals surface area contributed by atoms with E-state index >= 15 is 0 Å². The van der Waals surface area contributed by atoms with Crippen molar-refractivity contribution in [3.8, 4) is 0 Å². The Bertz CT molecular complexity index is 572. The van der Waals surface area contributed by atoms with E-state index in [2.05, 4.69) is 9.97 Å². The molecule has 0 saturated heterocycles. The van der Waals surface area contributed by atoms with Gasteiger partial charge in [-0.3, -0.25) is 0 Å². The Morgan fingerprint density at radius 3 is 2.69 bits per heavy atom. The molecule has 0 atom stereocenters. The van der Waals surface area contributed by atoms with E-state index in [0.717, 1.165) is 29.4 Å². The Balaban J connectivity index is 2.35. The first kappa shape index (κ1) is 9.81. The van der Waals surface area contributed by atoms with Gasteiger partial charge in [0.1, 0.15) is 0 Å². The molecule has 0 aliphatic heterocycles. The van der Waals surface area contributed by atoms with Crippen LogP contribution in [0.25, 0.3) is 10.9 Å². The number of hydrogen-bond donors (Lipinski definition) is 2. The smallest absolute Gasteiger partial charge is 0.220 e. The summed E-state index contributed by atoms with van der Waals surface area (Å²) in [6.45, 7) is 0. The van der Waals surface area contributed by atoms with Gasteiger partial charge in [-0.25, -0.2) is 9.97 Å². The third-order valence-corrected chi connectivity index (χ3v) is 3.17. The summed E-state index contributed by atoms with van der Waals surface area (Å²) in [6.07, 6.45) is 1.89. The summed E-state index contributed by atoms with van der Waals surface area (Å²) < 4.78 is 0. The molecule has 1 aromatic carbocycles. The third kappa shape index (κ3) is 1.42. The summed E-state index contributed by atoms with van der Waals surface area (Å²) in [5.41, 5.74) is 13.1. The minimum Gasteiger partial charge on any atom is -0.368 e. The van der Waals surface area contributed by atoms with Crippen LogP contribution in [0.15, 0.2) is 18.2 Å². The molecule has 2 aromatic rings. The number of nitrogen functional groups attached to an aromatic ring is 1. The standard InChI is InChI=1S/C11H11ClN4/c12-6-1-2-7-8(5-6)15-10(13)16-9(7)11(14)3-4-11/h1-2,5H,3-4,14H2,(H2,13,15,16). The molecule has 1 heterocycles. The van der Waals surface area contributed by atoms with Crippen LogP contribution in [0, 0.1) is 0 Å². The Kier molecular flexibility index (Phi) is 1.87. The highest BCUT2D eigenvalue weighted by Crippen LogP contribution is 2.44. The van der Waals surface area contributed by atoms with Crippen molar-refractivity contribution >= 4 is 28.5 Å². The molecule has 0 spiro atoms. The van der Waals surface area contributed by atoms with Gasteiger partial charge in [-0.2, -0.15) is 0 Å². The van der Waals surface area contributed by atoms with Crippen LogP contribution in [0.2, 0.25) is 5.02 Å². The first-order valence-corrected chi connectivity index (χ1v) is 5.48. The van der Waals surface area contributed by atoms with Crippen LogP contribution in [-0.2, 0) is 5.54 Å². The molecule has 1 fully saturated rings. The molecule has 0 amide bonds. The minimum absolute atomic E-state index is 0.251. The lowest BCUT2D eigenvalue weighted by atomic mass is 10.1. The van der Waals surface area contributed by atoms with Gasteiger partial charge in [0.05, 0.1) is 16.7 Å². The lowest BCUT2D eigenvalue weighted by Crippen LogP contribution is -2.21. The highest BCUT2D eigenvalue weighted by atomic mass is 35.5. The Labute approximate surface area is 97.6 Å². The van der Waals surface area contributed by atoms with Crippen LogP contribution >= 0.6 is 11.6 Å². The first-order valence-electron chi connectivity index (χ1n) is 5.11. The predicted molar refractivity (Wildman–Crippen MR) is 64.1 cm³/mol. The number of nitrogens with two attached hydrogens (primary N) is 2. The van der Waals surface area contributed by atoms with Gasteiger partial charge < -0.3 is 11.5 Å². The quantitative estimate of drug-likeness (QED) is 0.789. The molecule has 3 rings (SSSR count). The molecule has 5 heteroatoms. The van der Waals surface area contributed by atoms with Gasteiger partial charge >= 0.3 is 0 Å². The predicted octanol–water partition coefficient (Wildman–Crippen LogP) is 1.81. The van der Waals surface area contributed by atoms with Crippen LogP contribution in [-0.4, -0.2) is 9.97 Å². The molecule has 0 radical (unpaired) electrons. The minimum atomic E-state index is -0.316. The molecule has 16 heavy (non-hydrogen) atoms. The van der Waals surface area contributed by atoms with Crippen LogP contribution in [0.1, 0.15) is 18.5 Å². The Morgan fingerprint density at radius 1 is 1.25 bits per heavy atom. The van der Waals surface area contributed by atoms with Crippen molar-refractivity contribution in [2.45, 2.75) is 18.4 Å². The fraction of sp³-hybridized carbons (Fsp3) is 0.273. The number of anilines is 1. The number of halogens is 1. The fourth-order valence-corrected chi connectivity index (χ4v) is 2.04. The SMILES string of the molecule is Nc1nc(C2(N)CC2)c2ccc(Cl)cc2n1. The molecule has 4 nitrogen and oxygen atoms in total. The molecule has 1 aliphatic rings. The van der Waals surface area contributed by atoms with Crippen molar-refractivity contribution in [3.63, 3.8) is 0 Å². The Hall–Kier alpha value is -1.39. The maximum atomic E-state index is 6.16. The van der Waals surface area contributed by atoms with Crippen LogP contribution < -0.4 is 11.5 Å².